The van der Waals surface area contributed by atoms with Gasteiger partial charge in [0.25, 0.3) is 5.56 Å². The van der Waals surface area contributed by atoms with Gasteiger partial charge in [-0.15, -0.1) is 10.2 Å². The minimum absolute atomic E-state index is 0.0144. The third-order valence-corrected chi connectivity index (χ3v) is 6.30. The maximum atomic E-state index is 13.3. The molecule has 0 fully saturated rings. The quantitative estimate of drug-likeness (QED) is 0.365. The first kappa shape index (κ1) is 24.5. The van der Waals surface area contributed by atoms with Gasteiger partial charge in [0, 0.05) is 24.7 Å². The lowest BCUT2D eigenvalue weighted by molar-refractivity contribution is -0.121. The maximum Gasteiger partial charge on any atom is 0.262 e. The second-order valence-corrected chi connectivity index (χ2v) is 9.72. The van der Waals surface area contributed by atoms with Crippen LogP contribution in [0.2, 0.25) is 0 Å². The lowest BCUT2D eigenvalue weighted by Crippen LogP contribution is -2.32. The number of carbonyl (C=O) groups is 2. The summed E-state index contributed by atoms with van der Waals surface area (Å²) in [6.45, 7) is 7.82. The predicted octanol–water partition coefficient (Wildman–Crippen LogP) is 3.31. The third kappa shape index (κ3) is 5.54. The second-order valence-electron chi connectivity index (χ2n) is 8.77. The molecule has 0 spiro atoms. The maximum absolute atomic E-state index is 13.3. The van der Waals surface area contributed by atoms with Crippen LogP contribution in [0.3, 0.4) is 0 Å². The van der Waals surface area contributed by atoms with Crippen LogP contribution in [0.25, 0.3) is 16.7 Å². The van der Waals surface area contributed by atoms with Crippen molar-refractivity contribution in [2.75, 3.05) is 11.1 Å². The number of hydrogen-bond donors (Lipinski definition) is 2. The summed E-state index contributed by atoms with van der Waals surface area (Å²) >= 11 is 1.24. The number of aromatic nitrogens is 4. The molecule has 35 heavy (non-hydrogen) atoms. The average molecular weight is 493 g/mol. The van der Waals surface area contributed by atoms with Gasteiger partial charge in [-0.2, -0.15) is 0 Å². The number of anilines is 1. The highest BCUT2D eigenvalue weighted by molar-refractivity contribution is 7.99. The molecule has 0 saturated carbocycles. The number of nitrogens with zero attached hydrogens (tertiary/aromatic N) is 4. The van der Waals surface area contributed by atoms with Gasteiger partial charge in [-0.1, -0.05) is 35.5 Å². The summed E-state index contributed by atoms with van der Waals surface area (Å²) in [4.78, 5) is 38.1. The number of amides is 2. The lowest BCUT2D eigenvalue weighted by Gasteiger charge is -2.13. The Bertz CT molecular complexity index is 1470. The Labute approximate surface area is 206 Å². The van der Waals surface area contributed by atoms with Crippen LogP contribution < -0.4 is 16.2 Å². The molecule has 0 atom stereocenters. The van der Waals surface area contributed by atoms with Gasteiger partial charge < -0.3 is 10.6 Å². The SMILES string of the molecule is Cc1cccc(NC(=O)CSc2nnc3n(CCC(=O)NC(C)C)c(=O)c4cc(C)ccc4n23)c1. The molecule has 0 bridgehead atoms. The number of aryl methyl sites for hydroxylation is 3. The van der Waals surface area contributed by atoms with E-state index in [0.29, 0.717) is 21.8 Å². The Morgan fingerprint density at radius 1 is 1.03 bits per heavy atom. The van der Waals surface area contributed by atoms with Crippen molar-refractivity contribution in [3.8, 4) is 0 Å². The van der Waals surface area contributed by atoms with Crippen LogP contribution in [0.1, 0.15) is 31.4 Å². The molecule has 4 aromatic rings. The van der Waals surface area contributed by atoms with Crippen molar-refractivity contribution in [2.45, 2.75) is 51.9 Å². The molecule has 10 heteroatoms. The molecule has 9 nitrogen and oxygen atoms in total. The van der Waals surface area contributed by atoms with Crippen LogP contribution in [0, 0.1) is 13.8 Å². The summed E-state index contributed by atoms with van der Waals surface area (Å²) in [6, 6.07) is 13.2. The molecule has 0 radical (unpaired) electrons. The Kier molecular flexibility index (Phi) is 7.20. The summed E-state index contributed by atoms with van der Waals surface area (Å²) < 4.78 is 3.26. The van der Waals surface area contributed by atoms with Crippen LogP contribution in [-0.2, 0) is 16.1 Å². The van der Waals surface area contributed by atoms with Crippen LogP contribution in [0.4, 0.5) is 5.69 Å². The van der Waals surface area contributed by atoms with E-state index in [-0.39, 0.29) is 42.1 Å². The molecule has 4 rings (SSSR count). The molecule has 182 valence electrons. The number of hydrogen-bond acceptors (Lipinski definition) is 6. The van der Waals surface area contributed by atoms with E-state index in [1.807, 2.05) is 70.2 Å². The number of nitrogens with one attached hydrogen (secondary N) is 2. The highest BCUT2D eigenvalue weighted by Crippen LogP contribution is 2.23. The van der Waals surface area contributed by atoms with Crippen LogP contribution in [0.5, 0.6) is 0 Å². The van der Waals surface area contributed by atoms with E-state index in [9.17, 15) is 14.4 Å². The van der Waals surface area contributed by atoms with E-state index in [4.69, 9.17) is 0 Å². The highest BCUT2D eigenvalue weighted by Gasteiger charge is 2.19. The van der Waals surface area contributed by atoms with Crippen molar-refractivity contribution in [3.63, 3.8) is 0 Å². The standard InChI is InChI=1S/C25H28N6O3S/c1-15(2)26-21(32)10-11-30-23(34)19-13-17(4)8-9-20(19)31-24(30)28-29-25(31)35-14-22(33)27-18-7-5-6-16(3)12-18/h5-9,12-13,15H,10-11,14H2,1-4H3,(H,26,32)(H,27,33). The number of fused-ring (bicyclic) bond motifs is 3. The van der Waals surface area contributed by atoms with Crippen molar-refractivity contribution >= 4 is 45.9 Å². The molecular formula is C25H28N6O3S. The van der Waals surface area contributed by atoms with E-state index in [2.05, 4.69) is 20.8 Å². The van der Waals surface area contributed by atoms with Gasteiger partial charge in [-0.3, -0.25) is 23.4 Å². The lowest BCUT2D eigenvalue weighted by atomic mass is 10.1. The smallest absolute Gasteiger partial charge is 0.262 e. The van der Waals surface area contributed by atoms with Gasteiger partial charge in [0.05, 0.1) is 16.7 Å². The second kappa shape index (κ2) is 10.3. The van der Waals surface area contributed by atoms with E-state index >= 15 is 0 Å². The van der Waals surface area contributed by atoms with Crippen molar-refractivity contribution in [2.24, 2.45) is 0 Å². The summed E-state index contributed by atoms with van der Waals surface area (Å²) in [6.07, 6.45) is 0.138. The fraction of sp³-hybridized carbons (Fsp3) is 0.320. The number of benzene rings is 2. The molecule has 0 saturated heterocycles. The molecular weight excluding hydrogens is 464 g/mol. The zero-order chi connectivity index (χ0) is 25.1. The first-order valence-electron chi connectivity index (χ1n) is 11.4. The van der Waals surface area contributed by atoms with Crippen LogP contribution >= 0.6 is 11.8 Å². The molecule has 2 heterocycles. The summed E-state index contributed by atoms with van der Waals surface area (Å²) in [5.41, 5.74) is 3.16. The Balaban J connectivity index is 1.65. The highest BCUT2D eigenvalue weighted by atomic mass is 32.2. The van der Waals surface area contributed by atoms with Crippen molar-refractivity contribution in [3.05, 3.63) is 63.9 Å². The Morgan fingerprint density at radius 3 is 2.54 bits per heavy atom. The molecule has 0 aliphatic rings. The molecule has 2 aromatic heterocycles. The van der Waals surface area contributed by atoms with E-state index in [1.54, 1.807) is 4.40 Å². The summed E-state index contributed by atoms with van der Waals surface area (Å²) in [7, 11) is 0. The molecule has 2 aromatic carbocycles. The third-order valence-electron chi connectivity index (χ3n) is 5.37. The largest absolute Gasteiger partial charge is 0.354 e. The van der Waals surface area contributed by atoms with E-state index in [0.717, 1.165) is 16.8 Å². The predicted molar refractivity (Wildman–Crippen MR) is 138 cm³/mol. The van der Waals surface area contributed by atoms with Gasteiger partial charge in [-0.05, 0) is 57.5 Å². The van der Waals surface area contributed by atoms with Gasteiger partial charge in [0.15, 0.2) is 5.16 Å². The molecule has 0 aliphatic heterocycles. The molecule has 2 N–H and O–H groups in total. The zero-order valence-corrected chi connectivity index (χ0v) is 21.0. The van der Waals surface area contributed by atoms with Crippen molar-refractivity contribution in [1.82, 2.24) is 24.5 Å². The minimum atomic E-state index is -0.227. The number of rotatable bonds is 8. The van der Waals surface area contributed by atoms with Gasteiger partial charge >= 0.3 is 0 Å². The van der Waals surface area contributed by atoms with Gasteiger partial charge in [-0.25, -0.2) is 0 Å². The normalized spacial score (nSPS) is 11.3. The fourth-order valence-electron chi connectivity index (χ4n) is 3.85. The fourth-order valence-corrected chi connectivity index (χ4v) is 4.59. The van der Waals surface area contributed by atoms with Gasteiger partial charge in [0.2, 0.25) is 17.6 Å². The van der Waals surface area contributed by atoms with Crippen LogP contribution in [-0.4, -0.2) is 42.8 Å². The number of carbonyl (C=O) groups excluding carboxylic acids is 2. The molecule has 0 aliphatic carbocycles. The monoisotopic (exact) mass is 492 g/mol. The molecule has 0 unspecified atom stereocenters. The topological polar surface area (TPSA) is 110 Å². The number of thioether (sulfide) groups is 1. The summed E-state index contributed by atoms with van der Waals surface area (Å²) in [5, 5.41) is 15.3. The van der Waals surface area contributed by atoms with Crippen LogP contribution in [0.15, 0.2) is 52.4 Å². The Morgan fingerprint density at radius 2 is 1.80 bits per heavy atom. The van der Waals surface area contributed by atoms with Crippen molar-refractivity contribution in [1.29, 1.82) is 0 Å². The Hall–Kier alpha value is -3.66. The van der Waals surface area contributed by atoms with Crippen molar-refractivity contribution < 1.29 is 9.59 Å². The van der Waals surface area contributed by atoms with E-state index < -0.39 is 0 Å². The van der Waals surface area contributed by atoms with Gasteiger partial charge in [0.1, 0.15) is 0 Å². The first-order chi connectivity index (χ1) is 16.7. The van der Waals surface area contributed by atoms with E-state index in [1.165, 1.54) is 16.3 Å². The average Bonchev–Trinajstić information content (AvgIpc) is 3.21. The summed E-state index contributed by atoms with van der Waals surface area (Å²) in [5.74, 6) is 0.149. The first-order valence-corrected chi connectivity index (χ1v) is 12.4. The zero-order valence-electron chi connectivity index (χ0n) is 20.2. The molecule has 2 amide bonds. The minimum Gasteiger partial charge on any atom is -0.354 e.